The molecule has 4 aliphatic heterocycles. The van der Waals surface area contributed by atoms with Crippen LogP contribution in [0.15, 0.2) is 53.6 Å². The number of imide groups is 2. The zero-order chi connectivity index (χ0) is 39.7. The first-order valence-corrected chi connectivity index (χ1v) is 20.4. The van der Waals surface area contributed by atoms with E-state index >= 15 is 0 Å². The molecule has 7 rings (SSSR count). The summed E-state index contributed by atoms with van der Waals surface area (Å²) in [6.45, 7) is 2.64. The molecule has 17 nitrogen and oxygen atoms in total. The van der Waals surface area contributed by atoms with Crippen LogP contribution in [-0.2, 0) is 30.6 Å². The monoisotopic (exact) mass is 786 g/mol. The van der Waals surface area contributed by atoms with Crippen LogP contribution in [0.5, 0.6) is 0 Å². The number of carbonyl (C=O) groups is 6. The van der Waals surface area contributed by atoms with E-state index in [1.807, 2.05) is 4.90 Å². The molecule has 3 aromatic rings. The van der Waals surface area contributed by atoms with Crippen LogP contribution in [0.1, 0.15) is 81.0 Å². The number of hydrogen-bond acceptors (Lipinski definition) is 13. The molecule has 2 atom stereocenters. The number of nitrogens with zero attached hydrogens (tertiary/aromatic N) is 5. The van der Waals surface area contributed by atoms with Crippen molar-refractivity contribution in [1.82, 2.24) is 25.5 Å². The Morgan fingerprint density at radius 2 is 1.68 bits per heavy atom. The van der Waals surface area contributed by atoms with Gasteiger partial charge in [-0.3, -0.25) is 34.2 Å². The molecule has 0 radical (unpaired) electrons. The number of rotatable bonds is 10. The fraction of sp³-hybridized carbons (Fsp3) is 0.421. The van der Waals surface area contributed by atoms with Gasteiger partial charge in [0.1, 0.15) is 17.6 Å². The van der Waals surface area contributed by atoms with Crippen molar-refractivity contribution in [1.29, 1.82) is 0 Å². The second-order valence-electron chi connectivity index (χ2n) is 14.6. The Kier molecular flexibility index (Phi) is 10.7. The van der Waals surface area contributed by atoms with Crippen molar-refractivity contribution in [3.8, 4) is 0 Å². The summed E-state index contributed by atoms with van der Waals surface area (Å²) in [4.78, 5) is 89.6. The van der Waals surface area contributed by atoms with Crippen LogP contribution < -0.4 is 26.2 Å². The number of amides is 6. The van der Waals surface area contributed by atoms with E-state index in [0.29, 0.717) is 37.7 Å². The van der Waals surface area contributed by atoms with Crippen molar-refractivity contribution in [3.63, 3.8) is 0 Å². The van der Waals surface area contributed by atoms with Crippen molar-refractivity contribution in [2.24, 2.45) is 11.7 Å². The van der Waals surface area contributed by atoms with Crippen molar-refractivity contribution in [2.45, 2.75) is 61.9 Å². The van der Waals surface area contributed by atoms with Crippen LogP contribution in [0.2, 0.25) is 0 Å². The van der Waals surface area contributed by atoms with Gasteiger partial charge in [-0.2, -0.15) is 0 Å². The van der Waals surface area contributed by atoms with Gasteiger partial charge in [-0.05, 0) is 73.9 Å². The van der Waals surface area contributed by atoms with Gasteiger partial charge in [0.25, 0.3) is 17.7 Å². The maximum absolute atomic E-state index is 13.3. The molecule has 0 saturated carbocycles. The maximum atomic E-state index is 13.3. The topological polar surface area (TPSA) is 231 Å². The number of hydrogen-bond donors (Lipinski definition) is 3. The standard InChI is InChI=1S/C38H42N8O9S/c1-56(53,54)26-7-4-22(5-8-26)17-29-33(34(39)48)40-19-31(42-29)45-14-2-3-24(20-45)41-38(52)55-21-23-12-15-44(16-13-23)25-6-9-27-28(18-25)37(51)46(36(27)50)30-10-11-32(47)43-35(30)49/h4-9,18-19,23-24,30H,2-3,10-17,20-21H2,1H3,(H2,39,48)(H,41,52)(H,43,47,49)/t24-,30?/m1/s1. The van der Waals surface area contributed by atoms with E-state index in [0.717, 1.165) is 48.1 Å². The number of nitrogens with two attached hydrogens (primary N) is 1. The van der Waals surface area contributed by atoms with Gasteiger partial charge in [0, 0.05) is 57.0 Å². The Morgan fingerprint density at radius 3 is 2.38 bits per heavy atom. The van der Waals surface area contributed by atoms with E-state index in [-0.39, 0.29) is 59.5 Å². The Hall–Kier alpha value is -5.91. The van der Waals surface area contributed by atoms with Crippen molar-refractivity contribution in [2.75, 3.05) is 48.8 Å². The third-order valence-corrected chi connectivity index (χ3v) is 11.8. The minimum Gasteiger partial charge on any atom is -0.449 e. The summed E-state index contributed by atoms with van der Waals surface area (Å²) in [5.74, 6) is -2.25. The fourth-order valence-corrected chi connectivity index (χ4v) is 8.30. The predicted octanol–water partition coefficient (Wildman–Crippen LogP) is 1.58. The Balaban J connectivity index is 0.895. The number of piperidine rings is 3. The zero-order valence-corrected chi connectivity index (χ0v) is 31.5. The molecule has 0 bridgehead atoms. The maximum Gasteiger partial charge on any atom is 0.407 e. The normalized spacial score (nSPS) is 20.5. The fourth-order valence-electron chi connectivity index (χ4n) is 7.66. The number of aromatic nitrogens is 2. The highest BCUT2D eigenvalue weighted by atomic mass is 32.2. The Morgan fingerprint density at radius 1 is 0.946 bits per heavy atom. The molecule has 18 heteroatoms. The lowest BCUT2D eigenvalue weighted by Crippen LogP contribution is -2.54. The predicted molar refractivity (Wildman–Crippen MR) is 201 cm³/mol. The minimum absolute atomic E-state index is 0.0271. The van der Waals surface area contributed by atoms with Gasteiger partial charge in [-0.15, -0.1) is 0 Å². The molecule has 5 heterocycles. The highest BCUT2D eigenvalue weighted by Crippen LogP contribution is 2.32. The number of fused-ring (bicyclic) bond motifs is 1. The summed E-state index contributed by atoms with van der Waals surface area (Å²) in [5, 5.41) is 5.17. The number of sulfone groups is 1. The van der Waals surface area contributed by atoms with E-state index in [1.165, 1.54) is 18.3 Å². The van der Waals surface area contributed by atoms with Crippen LogP contribution in [0.4, 0.5) is 16.3 Å². The van der Waals surface area contributed by atoms with Crippen LogP contribution in [0.25, 0.3) is 0 Å². The molecule has 0 aliphatic carbocycles. The lowest BCUT2D eigenvalue weighted by atomic mass is 9.97. The molecule has 3 fully saturated rings. The van der Waals surface area contributed by atoms with E-state index in [2.05, 4.69) is 20.5 Å². The number of benzene rings is 2. The number of carbonyl (C=O) groups excluding carboxylic acids is 6. The number of nitrogens with one attached hydrogen (secondary N) is 2. The summed E-state index contributed by atoms with van der Waals surface area (Å²) in [6, 6.07) is 10.2. The van der Waals surface area contributed by atoms with Gasteiger partial charge in [-0.25, -0.2) is 23.2 Å². The minimum atomic E-state index is -3.36. The lowest BCUT2D eigenvalue weighted by molar-refractivity contribution is -0.136. The van der Waals surface area contributed by atoms with Crippen molar-refractivity contribution < 1.29 is 41.9 Å². The second kappa shape index (κ2) is 15.7. The Labute approximate surface area is 322 Å². The molecule has 3 saturated heterocycles. The number of ether oxygens (including phenoxy) is 1. The molecular formula is C38H42N8O9S. The molecule has 0 spiro atoms. The summed E-state index contributed by atoms with van der Waals surface area (Å²) in [6.07, 6.45) is 5.43. The molecular weight excluding hydrogens is 745 g/mol. The molecule has 1 aromatic heterocycles. The first-order valence-electron chi connectivity index (χ1n) is 18.5. The van der Waals surface area contributed by atoms with Crippen LogP contribution >= 0.6 is 0 Å². The van der Waals surface area contributed by atoms with E-state index < -0.39 is 51.5 Å². The lowest BCUT2D eigenvalue weighted by Gasteiger charge is -2.34. The van der Waals surface area contributed by atoms with Gasteiger partial charge >= 0.3 is 6.09 Å². The van der Waals surface area contributed by atoms with Crippen molar-refractivity contribution in [3.05, 3.63) is 76.7 Å². The smallest absolute Gasteiger partial charge is 0.407 e. The average molecular weight is 787 g/mol. The van der Waals surface area contributed by atoms with Crippen LogP contribution in [0, 0.1) is 5.92 Å². The van der Waals surface area contributed by atoms with E-state index in [9.17, 15) is 37.2 Å². The Bertz CT molecular complexity index is 2210. The van der Waals surface area contributed by atoms with Crippen LogP contribution in [-0.4, -0.2) is 110 Å². The molecule has 4 aliphatic rings. The number of primary amides is 1. The number of alkyl carbamates (subject to hydrolysis) is 1. The van der Waals surface area contributed by atoms with Crippen molar-refractivity contribution >= 4 is 57.0 Å². The summed E-state index contributed by atoms with van der Waals surface area (Å²) >= 11 is 0. The van der Waals surface area contributed by atoms with Gasteiger partial charge < -0.3 is 25.6 Å². The van der Waals surface area contributed by atoms with Gasteiger partial charge in [0.15, 0.2) is 9.84 Å². The summed E-state index contributed by atoms with van der Waals surface area (Å²) in [7, 11) is -3.36. The summed E-state index contributed by atoms with van der Waals surface area (Å²) in [5.41, 5.74) is 7.95. The molecule has 1 unspecified atom stereocenters. The average Bonchev–Trinajstić information content (AvgIpc) is 3.42. The third kappa shape index (κ3) is 8.19. The van der Waals surface area contributed by atoms with Gasteiger partial charge in [0.05, 0.1) is 34.5 Å². The number of anilines is 2. The second-order valence-corrected chi connectivity index (χ2v) is 16.6. The van der Waals surface area contributed by atoms with Gasteiger partial charge in [0.2, 0.25) is 11.8 Å². The van der Waals surface area contributed by atoms with E-state index in [1.54, 1.807) is 30.3 Å². The SMILES string of the molecule is CS(=O)(=O)c1ccc(Cc2nc(N3CCC[C@@H](NC(=O)OCC4CCN(c5ccc6c(c5)C(=O)N(C5CCC(=O)NC5=O)C6=O)CC4)C3)cnc2C(N)=O)cc1. The van der Waals surface area contributed by atoms with E-state index in [4.69, 9.17) is 15.5 Å². The summed E-state index contributed by atoms with van der Waals surface area (Å²) < 4.78 is 29.4. The molecule has 294 valence electrons. The third-order valence-electron chi connectivity index (χ3n) is 10.7. The molecule has 6 amide bonds. The largest absolute Gasteiger partial charge is 0.449 e. The molecule has 2 aromatic carbocycles. The zero-order valence-electron chi connectivity index (χ0n) is 30.7. The first kappa shape index (κ1) is 38.4. The van der Waals surface area contributed by atoms with Crippen LogP contribution in [0.3, 0.4) is 0 Å². The molecule has 4 N–H and O–H groups in total. The quantitative estimate of drug-likeness (QED) is 0.248. The highest BCUT2D eigenvalue weighted by Gasteiger charge is 2.45. The van der Waals surface area contributed by atoms with Gasteiger partial charge in [-0.1, -0.05) is 12.1 Å². The molecule has 56 heavy (non-hydrogen) atoms. The first-order chi connectivity index (χ1) is 26.7. The highest BCUT2D eigenvalue weighted by molar-refractivity contribution is 7.90.